The van der Waals surface area contributed by atoms with E-state index in [-0.39, 0.29) is 18.3 Å². The van der Waals surface area contributed by atoms with Crippen LogP contribution in [0, 0.1) is 5.41 Å². The fourth-order valence-electron chi connectivity index (χ4n) is 2.58. The Morgan fingerprint density at radius 1 is 1.29 bits per heavy atom. The van der Waals surface area contributed by atoms with E-state index >= 15 is 0 Å². The van der Waals surface area contributed by atoms with Crippen LogP contribution in [0.3, 0.4) is 0 Å². The van der Waals surface area contributed by atoms with E-state index in [9.17, 15) is 19.8 Å². The van der Waals surface area contributed by atoms with Crippen LogP contribution in [0.2, 0.25) is 0 Å². The van der Waals surface area contributed by atoms with E-state index in [1.165, 1.54) is 17.0 Å². The van der Waals surface area contributed by atoms with E-state index in [4.69, 9.17) is 0 Å². The third kappa shape index (κ3) is 3.09. The quantitative estimate of drug-likeness (QED) is 0.875. The van der Waals surface area contributed by atoms with Gasteiger partial charge in [-0.3, -0.25) is 9.69 Å². The van der Waals surface area contributed by atoms with Crippen LogP contribution in [0.25, 0.3) is 0 Å². The molecule has 1 aliphatic heterocycles. The van der Waals surface area contributed by atoms with Gasteiger partial charge in [-0.1, -0.05) is 0 Å². The van der Waals surface area contributed by atoms with Crippen molar-refractivity contribution in [2.24, 2.45) is 5.41 Å². The number of phenols is 1. The highest BCUT2D eigenvalue weighted by molar-refractivity contribution is 5.92. The maximum Gasteiger partial charge on any atom is 0.324 e. The van der Waals surface area contributed by atoms with E-state index in [0.717, 1.165) is 0 Å². The van der Waals surface area contributed by atoms with Crippen LogP contribution >= 0.6 is 0 Å². The predicted molar refractivity (Wildman–Crippen MR) is 78.5 cm³/mol. The third-order valence-electron chi connectivity index (χ3n) is 4.01. The summed E-state index contributed by atoms with van der Waals surface area (Å²) in [5.74, 6) is -0.733. The number of aromatic hydroxyl groups is 1. The number of carbonyl (C=O) groups is 2. The number of hydrogen-bond donors (Lipinski definition) is 2. The van der Waals surface area contributed by atoms with Gasteiger partial charge in [-0.05, 0) is 44.0 Å². The molecule has 0 aromatic heterocycles. The predicted octanol–water partition coefficient (Wildman–Crippen LogP) is 2.14. The number of benzene rings is 1. The summed E-state index contributed by atoms with van der Waals surface area (Å²) in [7, 11) is 1.64. The van der Waals surface area contributed by atoms with Crippen molar-refractivity contribution in [3.63, 3.8) is 0 Å². The van der Waals surface area contributed by atoms with Crippen LogP contribution in [-0.4, -0.2) is 47.3 Å². The number of hydrogen-bond acceptors (Lipinski definition) is 3. The molecule has 0 saturated carbocycles. The van der Waals surface area contributed by atoms with Crippen molar-refractivity contribution in [1.29, 1.82) is 0 Å². The Balaban J connectivity index is 2.12. The number of carbonyl (C=O) groups excluding carboxylic acids is 1. The number of nitrogens with zero attached hydrogens (tertiary/aromatic N) is 2. The summed E-state index contributed by atoms with van der Waals surface area (Å²) in [5.41, 5.74) is -0.232. The second kappa shape index (κ2) is 5.63. The molecule has 1 aromatic rings. The van der Waals surface area contributed by atoms with Crippen molar-refractivity contribution >= 4 is 17.7 Å². The zero-order chi connectivity index (χ0) is 15.6. The second-order valence-electron chi connectivity index (χ2n) is 5.75. The lowest BCUT2D eigenvalue weighted by molar-refractivity contribution is -0.150. The Morgan fingerprint density at radius 2 is 1.90 bits per heavy atom. The minimum Gasteiger partial charge on any atom is -0.508 e. The van der Waals surface area contributed by atoms with Gasteiger partial charge in [0.05, 0.1) is 5.41 Å². The first kappa shape index (κ1) is 15.2. The lowest BCUT2D eigenvalue weighted by Gasteiger charge is -2.39. The minimum atomic E-state index is -0.885. The molecule has 2 rings (SSSR count). The summed E-state index contributed by atoms with van der Waals surface area (Å²) in [6.45, 7) is 2.45. The molecule has 1 atom stereocenters. The van der Waals surface area contributed by atoms with Gasteiger partial charge in [-0.15, -0.1) is 0 Å². The molecule has 21 heavy (non-hydrogen) atoms. The molecule has 0 spiro atoms. The first-order valence-corrected chi connectivity index (χ1v) is 6.88. The molecule has 0 aliphatic carbocycles. The number of anilines is 1. The third-order valence-corrected chi connectivity index (χ3v) is 4.01. The number of carboxylic acid groups (broad SMARTS) is 1. The lowest BCUT2D eigenvalue weighted by atomic mass is 9.82. The maximum absolute atomic E-state index is 12.5. The Hall–Kier alpha value is -2.24. The average molecular weight is 292 g/mol. The topological polar surface area (TPSA) is 81.1 Å². The van der Waals surface area contributed by atoms with Crippen molar-refractivity contribution in [2.75, 3.05) is 25.0 Å². The van der Waals surface area contributed by atoms with Crippen molar-refractivity contribution in [3.05, 3.63) is 24.3 Å². The largest absolute Gasteiger partial charge is 0.508 e. The van der Waals surface area contributed by atoms with Crippen molar-refractivity contribution in [2.45, 2.75) is 19.8 Å². The molecule has 1 saturated heterocycles. The van der Waals surface area contributed by atoms with Crippen molar-refractivity contribution < 1.29 is 19.8 Å². The Kier molecular flexibility index (Phi) is 4.06. The van der Waals surface area contributed by atoms with Gasteiger partial charge in [0, 0.05) is 25.8 Å². The number of phenolic OH excluding ortho intramolecular Hbond substituents is 1. The molecule has 1 aromatic carbocycles. The molecule has 0 radical (unpaired) electrons. The first-order chi connectivity index (χ1) is 9.83. The van der Waals surface area contributed by atoms with Crippen molar-refractivity contribution in [3.8, 4) is 5.75 Å². The Labute approximate surface area is 123 Å². The van der Waals surface area contributed by atoms with E-state index < -0.39 is 11.4 Å². The van der Waals surface area contributed by atoms with Crippen LogP contribution in [-0.2, 0) is 4.79 Å². The number of likely N-dealkylation sites (tertiary alicyclic amines) is 1. The standard InChI is InChI=1S/C15H20N2O4/c1-15(13(19)20)8-3-9-17(10-15)14(21)16(2)11-4-6-12(18)7-5-11/h4-7,18H,3,8-10H2,1-2H3,(H,19,20). The molecule has 1 unspecified atom stereocenters. The summed E-state index contributed by atoms with van der Waals surface area (Å²) in [5, 5.41) is 18.6. The summed E-state index contributed by atoms with van der Waals surface area (Å²) in [6.07, 6.45) is 1.26. The first-order valence-electron chi connectivity index (χ1n) is 6.88. The highest BCUT2D eigenvalue weighted by Crippen LogP contribution is 2.30. The van der Waals surface area contributed by atoms with Gasteiger partial charge in [-0.2, -0.15) is 0 Å². The maximum atomic E-state index is 12.5. The number of carboxylic acids is 1. The summed E-state index contributed by atoms with van der Waals surface area (Å²) < 4.78 is 0. The van der Waals surface area contributed by atoms with Crippen LogP contribution in [0.1, 0.15) is 19.8 Å². The Bertz CT molecular complexity index is 543. The van der Waals surface area contributed by atoms with Gasteiger partial charge in [0.15, 0.2) is 0 Å². The molecular weight excluding hydrogens is 272 g/mol. The monoisotopic (exact) mass is 292 g/mol. The van der Waals surface area contributed by atoms with E-state index in [0.29, 0.717) is 25.1 Å². The van der Waals surface area contributed by atoms with Crippen LogP contribution in [0.15, 0.2) is 24.3 Å². The van der Waals surface area contributed by atoms with Crippen LogP contribution in [0.5, 0.6) is 5.75 Å². The zero-order valence-electron chi connectivity index (χ0n) is 12.2. The van der Waals surface area contributed by atoms with Gasteiger partial charge < -0.3 is 15.1 Å². The normalized spacial score (nSPS) is 21.9. The molecule has 1 heterocycles. The summed E-state index contributed by atoms with van der Waals surface area (Å²) >= 11 is 0. The van der Waals surface area contributed by atoms with Crippen LogP contribution < -0.4 is 4.90 Å². The second-order valence-corrected chi connectivity index (χ2v) is 5.75. The van der Waals surface area contributed by atoms with Crippen LogP contribution in [0.4, 0.5) is 10.5 Å². The molecule has 6 nitrogen and oxygen atoms in total. The molecule has 0 bridgehead atoms. The molecular formula is C15H20N2O4. The fourth-order valence-corrected chi connectivity index (χ4v) is 2.58. The summed E-state index contributed by atoms with van der Waals surface area (Å²) in [4.78, 5) is 26.9. The molecule has 6 heteroatoms. The molecule has 1 aliphatic rings. The molecule has 2 N–H and O–H groups in total. The van der Waals surface area contributed by atoms with Gasteiger partial charge >= 0.3 is 12.0 Å². The van der Waals surface area contributed by atoms with Gasteiger partial charge in [0.25, 0.3) is 0 Å². The van der Waals surface area contributed by atoms with Gasteiger partial charge in [0.1, 0.15) is 5.75 Å². The number of piperidine rings is 1. The average Bonchev–Trinajstić information content (AvgIpc) is 2.46. The number of amides is 2. The molecule has 114 valence electrons. The van der Waals surface area contributed by atoms with Crippen molar-refractivity contribution in [1.82, 2.24) is 4.90 Å². The SMILES string of the molecule is CN(C(=O)N1CCCC(C)(C(=O)O)C1)c1ccc(O)cc1. The van der Waals surface area contributed by atoms with E-state index in [1.54, 1.807) is 31.0 Å². The number of aliphatic carboxylic acids is 1. The van der Waals surface area contributed by atoms with E-state index in [2.05, 4.69) is 0 Å². The van der Waals surface area contributed by atoms with Gasteiger partial charge in [-0.25, -0.2) is 4.79 Å². The number of rotatable bonds is 2. The lowest BCUT2D eigenvalue weighted by Crippen LogP contribution is -2.51. The Morgan fingerprint density at radius 3 is 2.48 bits per heavy atom. The smallest absolute Gasteiger partial charge is 0.324 e. The molecule has 2 amide bonds. The minimum absolute atomic E-state index is 0.135. The highest BCUT2D eigenvalue weighted by Gasteiger charge is 2.40. The molecule has 1 fully saturated rings. The van der Waals surface area contributed by atoms with E-state index in [1.807, 2.05) is 0 Å². The fraction of sp³-hybridized carbons (Fsp3) is 0.467. The van der Waals surface area contributed by atoms with Gasteiger partial charge in [0.2, 0.25) is 0 Å². The number of urea groups is 1. The summed E-state index contributed by atoms with van der Waals surface area (Å²) in [6, 6.07) is 6.09. The zero-order valence-corrected chi connectivity index (χ0v) is 12.2. The highest BCUT2D eigenvalue weighted by atomic mass is 16.4.